The molecule has 1 saturated heterocycles. The highest BCUT2D eigenvalue weighted by Crippen LogP contribution is 2.24. The van der Waals surface area contributed by atoms with Gasteiger partial charge in [0.15, 0.2) is 6.61 Å². The molecule has 2 heterocycles. The van der Waals surface area contributed by atoms with Crippen LogP contribution in [0.5, 0.6) is 5.75 Å². The molecule has 0 unspecified atom stereocenters. The molecule has 1 amide bonds. The lowest BCUT2D eigenvalue weighted by Crippen LogP contribution is -2.46. The van der Waals surface area contributed by atoms with E-state index in [-0.39, 0.29) is 6.54 Å². The van der Waals surface area contributed by atoms with Crippen LogP contribution in [0.4, 0.5) is 13.2 Å². The van der Waals surface area contributed by atoms with Gasteiger partial charge in [-0.3, -0.25) is 9.78 Å². The Morgan fingerprint density at radius 2 is 2.00 bits per heavy atom. The van der Waals surface area contributed by atoms with Crippen molar-refractivity contribution in [3.8, 4) is 16.9 Å². The summed E-state index contributed by atoms with van der Waals surface area (Å²) in [5, 5.41) is 5.71. The molecule has 0 radical (unpaired) electrons. The molecule has 7 nitrogen and oxygen atoms in total. The first-order valence-corrected chi connectivity index (χ1v) is 10.2. The Morgan fingerprint density at radius 3 is 2.72 bits per heavy atom. The van der Waals surface area contributed by atoms with Crippen molar-refractivity contribution in [1.29, 1.82) is 0 Å². The first kappa shape index (κ1) is 23.5. The molecule has 1 atom stereocenters. The lowest BCUT2D eigenvalue weighted by molar-refractivity contribution is -0.199. The van der Waals surface area contributed by atoms with Gasteiger partial charge in [0.2, 0.25) is 0 Å². The Morgan fingerprint density at radius 1 is 1.19 bits per heavy atom. The highest BCUT2D eigenvalue weighted by atomic mass is 19.4. The van der Waals surface area contributed by atoms with Crippen molar-refractivity contribution >= 4 is 11.9 Å². The number of hydrogen-bond donors (Lipinski definition) is 2. The topological polar surface area (TPSA) is 89.6 Å². The Balaban J connectivity index is 1.44. The molecular formula is C22H24F3N3O4. The zero-order chi connectivity index (χ0) is 23.0. The van der Waals surface area contributed by atoms with E-state index >= 15 is 0 Å². The minimum absolute atomic E-state index is 0.243. The van der Waals surface area contributed by atoms with E-state index in [1.165, 1.54) is 0 Å². The number of nitrogens with zero attached hydrogens (tertiary/aromatic N) is 1. The minimum Gasteiger partial charge on any atom is -0.490 e. The summed E-state index contributed by atoms with van der Waals surface area (Å²) in [7, 11) is 0. The van der Waals surface area contributed by atoms with Gasteiger partial charge >= 0.3 is 12.1 Å². The number of pyridine rings is 1. The lowest BCUT2D eigenvalue weighted by atomic mass is 10.0. The number of benzene rings is 1. The summed E-state index contributed by atoms with van der Waals surface area (Å²) in [6.45, 7) is 0.906. The summed E-state index contributed by atoms with van der Waals surface area (Å²) in [6, 6.07) is 10.2. The number of alkyl halides is 3. The molecule has 1 aliphatic heterocycles. The summed E-state index contributed by atoms with van der Waals surface area (Å²) in [5.41, 5.74) is 2.93. The van der Waals surface area contributed by atoms with E-state index in [0.717, 1.165) is 29.7 Å². The maximum Gasteiger partial charge on any atom is 0.490 e. The van der Waals surface area contributed by atoms with E-state index in [2.05, 4.69) is 20.4 Å². The summed E-state index contributed by atoms with van der Waals surface area (Å²) in [6.07, 6.45) is 0.650. The van der Waals surface area contributed by atoms with Gasteiger partial charge in [-0.15, -0.1) is 0 Å². The number of carbonyl (C=O) groups is 2. The predicted octanol–water partition coefficient (Wildman–Crippen LogP) is 2.64. The second-order valence-corrected chi connectivity index (χ2v) is 7.39. The van der Waals surface area contributed by atoms with Crippen LogP contribution >= 0.6 is 0 Å². The van der Waals surface area contributed by atoms with Crippen LogP contribution in [-0.2, 0) is 20.7 Å². The molecule has 1 aromatic carbocycles. The van der Waals surface area contributed by atoms with E-state index < -0.39 is 24.7 Å². The number of aryl methyl sites for hydroxylation is 1. The van der Waals surface area contributed by atoms with Crippen molar-refractivity contribution in [2.45, 2.75) is 31.5 Å². The first-order valence-electron chi connectivity index (χ1n) is 10.2. The number of nitrogens with one attached hydrogen (secondary N) is 2. The monoisotopic (exact) mass is 451 g/mol. The number of carbonyl (C=O) groups excluding carboxylic acids is 2. The summed E-state index contributed by atoms with van der Waals surface area (Å²) in [4.78, 5) is 26.3. The number of esters is 1. The fourth-order valence-corrected chi connectivity index (χ4v) is 3.03. The standard InChI is InChI=1S/C22H24F3N3O4/c23-22(24,25)21(30)32-14-20(29)28-7-2-4-15-3-1-5-16(9-15)17-10-19(12-26-11-17)31-13-18-6-8-27-18/h1,3,5,9-12,18,27H,2,4,6-8,13-14H2,(H,28,29)/t18-/m0/s1. The van der Waals surface area contributed by atoms with E-state index in [0.29, 0.717) is 31.2 Å². The van der Waals surface area contributed by atoms with Gasteiger partial charge in [0.1, 0.15) is 12.4 Å². The third kappa shape index (κ3) is 7.23. The van der Waals surface area contributed by atoms with Crippen LogP contribution < -0.4 is 15.4 Å². The van der Waals surface area contributed by atoms with Crippen molar-refractivity contribution in [3.63, 3.8) is 0 Å². The van der Waals surface area contributed by atoms with Crippen LogP contribution in [-0.4, -0.2) is 55.4 Å². The maximum absolute atomic E-state index is 12.0. The van der Waals surface area contributed by atoms with E-state index in [4.69, 9.17) is 4.74 Å². The number of halogens is 3. The molecule has 2 aromatic rings. The van der Waals surface area contributed by atoms with Gasteiger partial charge in [-0.25, -0.2) is 4.79 Å². The molecule has 0 spiro atoms. The Kier molecular flexibility index (Phi) is 8.04. The molecule has 172 valence electrons. The maximum atomic E-state index is 12.0. The summed E-state index contributed by atoms with van der Waals surface area (Å²) in [5.74, 6) is -2.46. The highest BCUT2D eigenvalue weighted by Gasteiger charge is 2.41. The van der Waals surface area contributed by atoms with Gasteiger partial charge in [-0.05, 0) is 43.0 Å². The van der Waals surface area contributed by atoms with Gasteiger partial charge in [-0.2, -0.15) is 13.2 Å². The van der Waals surface area contributed by atoms with Crippen LogP contribution in [0.25, 0.3) is 11.1 Å². The molecular weight excluding hydrogens is 427 g/mol. The molecule has 3 rings (SSSR count). The Hall–Kier alpha value is -3.14. The minimum atomic E-state index is -5.11. The Labute approximate surface area is 183 Å². The summed E-state index contributed by atoms with van der Waals surface area (Å²) < 4.78 is 45.8. The molecule has 1 aliphatic rings. The fourth-order valence-electron chi connectivity index (χ4n) is 3.03. The Bertz CT molecular complexity index is 933. The number of rotatable bonds is 10. The molecule has 0 bridgehead atoms. The van der Waals surface area contributed by atoms with Crippen LogP contribution in [0.15, 0.2) is 42.7 Å². The van der Waals surface area contributed by atoms with Gasteiger partial charge in [0, 0.05) is 24.3 Å². The van der Waals surface area contributed by atoms with Crippen LogP contribution in [0, 0.1) is 0 Å². The average Bonchev–Trinajstić information content (AvgIpc) is 2.74. The van der Waals surface area contributed by atoms with Gasteiger partial charge in [0.25, 0.3) is 5.91 Å². The number of hydrogen-bond acceptors (Lipinski definition) is 6. The van der Waals surface area contributed by atoms with Crippen LogP contribution in [0.3, 0.4) is 0 Å². The summed E-state index contributed by atoms with van der Waals surface area (Å²) >= 11 is 0. The number of ether oxygens (including phenoxy) is 2. The second-order valence-electron chi connectivity index (χ2n) is 7.39. The molecule has 0 saturated carbocycles. The van der Waals surface area contributed by atoms with Crippen LogP contribution in [0.2, 0.25) is 0 Å². The molecule has 1 fully saturated rings. The van der Waals surface area contributed by atoms with Crippen molar-refractivity contribution < 1.29 is 32.2 Å². The fraction of sp³-hybridized carbons (Fsp3) is 0.409. The zero-order valence-electron chi connectivity index (χ0n) is 17.3. The van der Waals surface area contributed by atoms with Gasteiger partial charge in [-0.1, -0.05) is 24.3 Å². The van der Waals surface area contributed by atoms with Crippen LogP contribution in [0.1, 0.15) is 18.4 Å². The average molecular weight is 451 g/mol. The largest absolute Gasteiger partial charge is 0.490 e. The zero-order valence-corrected chi connectivity index (χ0v) is 17.3. The molecule has 2 N–H and O–H groups in total. The second kappa shape index (κ2) is 10.9. The third-order valence-corrected chi connectivity index (χ3v) is 4.88. The normalized spacial score (nSPS) is 15.5. The van der Waals surface area contributed by atoms with E-state index in [1.54, 1.807) is 12.4 Å². The number of amides is 1. The molecule has 1 aromatic heterocycles. The smallest absolute Gasteiger partial charge is 0.490 e. The van der Waals surface area contributed by atoms with Crippen molar-refractivity contribution in [2.24, 2.45) is 0 Å². The van der Waals surface area contributed by atoms with Gasteiger partial charge < -0.3 is 20.1 Å². The molecule has 32 heavy (non-hydrogen) atoms. The van der Waals surface area contributed by atoms with E-state index in [1.807, 2.05) is 30.3 Å². The van der Waals surface area contributed by atoms with Crippen molar-refractivity contribution in [2.75, 3.05) is 26.3 Å². The SMILES string of the molecule is O=C(COC(=O)C(F)(F)F)NCCCc1cccc(-c2cncc(OC[C@@H]3CCN3)c2)c1. The molecule has 0 aliphatic carbocycles. The first-order chi connectivity index (χ1) is 15.3. The van der Waals surface area contributed by atoms with Crippen molar-refractivity contribution in [1.82, 2.24) is 15.6 Å². The van der Waals surface area contributed by atoms with Crippen molar-refractivity contribution in [3.05, 3.63) is 48.3 Å². The molecule has 10 heteroatoms. The number of aromatic nitrogens is 1. The van der Waals surface area contributed by atoms with E-state index in [9.17, 15) is 22.8 Å². The third-order valence-electron chi connectivity index (χ3n) is 4.88. The van der Waals surface area contributed by atoms with Gasteiger partial charge in [0.05, 0.1) is 6.20 Å². The quantitative estimate of drug-likeness (QED) is 0.427. The predicted molar refractivity (Wildman–Crippen MR) is 110 cm³/mol. The lowest BCUT2D eigenvalue weighted by Gasteiger charge is -2.27. The highest BCUT2D eigenvalue weighted by molar-refractivity contribution is 5.82.